The van der Waals surface area contributed by atoms with Crippen molar-refractivity contribution < 1.29 is 98.3 Å². The van der Waals surface area contributed by atoms with Crippen molar-refractivity contribution in [3.8, 4) is 45.3 Å². The van der Waals surface area contributed by atoms with Crippen LogP contribution in [0.2, 0.25) is 0 Å². The molecule has 16 rings (SSSR count). The summed E-state index contributed by atoms with van der Waals surface area (Å²) < 4.78 is 114. The van der Waals surface area contributed by atoms with Crippen molar-refractivity contribution in [2.45, 2.75) is 59.8 Å². The number of ether oxygens (including phenoxy) is 5. The highest BCUT2D eigenvalue weighted by Gasteiger charge is 2.23. The Bertz CT molecular complexity index is 7110. The van der Waals surface area contributed by atoms with Crippen molar-refractivity contribution in [3.05, 3.63) is 330 Å². The second kappa shape index (κ2) is 43.1. The standard InChI is InChI=1S/C28H24F2N2O5S.C25H20FNO3S.C23H17F2N3O4S.C22H16FN3O3S/c1-16-3-6-21(29)18(11-16)13-19(33)12-17-4-5-20(14-22(17)30)37-24-7-9-31-23-15-25(38-27(23)24)28(35)32-10-8-26(34)36-2;1-15-3-8-21(26)18(11-15)13-19(28)12-16-4-6-17(7-5-16)20-9-10-27-22-14-23(25(29)30-2)31-24(20)22;1-12-3-5-14(24)17(9-12)28-23(30)27-16-6-4-13(10-15(16)25)32-19-7-8-26-18-11-20(22(29)31-2)33-21(18)19;1-12-2-7-16(23)17(10-12)26-22(29)25-14-5-3-13(4-6-14)15-8-9-24-18-11-19(21(27)28)30-20(15)18/h3-7,9,11,14-15H,8,10,12-13H2,1-2H3,(H,32,35);3-11,14H,12-13H2,1-2H3;3-11H,1-2H3,(H2,27,28,30);2-11H,1H3,(H,27,28)(H2,25,26,29). The van der Waals surface area contributed by atoms with E-state index in [0.717, 1.165) is 93.7 Å². The number of halogens is 6. The van der Waals surface area contributed by atoms with Crippen LogP contribution < -0.4 is 36.1 Å². The molecule has 0 fully saturated rings. The number of amides is 5. The van der Waals surface area contributed by atoms with Gasteiger partial charge in [0.05, 0.1) is 90.6 Å². The molecular weight excluding hydrogens is 1790 g/mol. The minimum Gasteiger partial charge on any atom is -0.477 e. The Morgan fingerprint density at radius 3 is 1.27 bits per heavy atom. The van der Waals surface area contributed by atoms with Crippen molar-refractivity contribution in [1.29, 1.82) is 0 Å². The zero-order valence-corrected chi connectivity index (χ0v) is 74.3. The number of pyridine rings is 4. The van der Waals surface area contributed by atoms with E-state index in [1.807, 2.05) is 69.3 Å². The number of hydrogen-bond donors (Lipinski definition) is 6. The third kappa shape index (κ3) is 24.3. The summed E-state index contributed by atoms with van der Waals surface area (Å²) in [5, 5.41) is 21.7. The van der Waals surface area contributed by atoms with Crippen molar-refractivity contribution in [3.63, 3.8) is 0 Å². The number of carboxylic acids is 1. The summed E-state index contributed by atoms with van der Waals surface area (Å²) in [5.41, 5.74) is 11.7. The number of aromatic nitrogens is 4. The predicted molar refractivity (Wildman–Crippen MR) is 496 cm³/mol. The molecule has 0 saturated carbocycles. The zero-order valence-electron chi connectivity index (χ0n) is 71.0. The molecule has 5 amide bonds. The summed E-state index contributed by atoms with van der Waals surface area (Å²) >= 11 is 4.80. The van der Waals surface area contributed by atoms with Gasteiger partial charge in [0.25, 0.3) is 5.91 Å². The molecule has 8 aromatic carbocycles. The third-order valence-corrected chi connectivity index (χ3v) is 24.3. The maximum absolute atomic E-state index is 14.8. The Balaban J connectivity index is 0.000000150. The SMILES string of the molecule is COC(=O)CCNC(=O)c1cc2nccc(Oc3ccc(CC(=O)Cc4cc(C)ccc4F)c(F)c3)c2s1.COC(=O)c1cc2nccc(-c3ccc(CC(=O)Cc4cc(C)ccc4F)cc3)c2s1.COC(=O)c1cc2nccc(Oc3ccc(NC(=O)Nc4cc(C)ccc4F)c(F)c3)c2s1.Cc1ccc(F)c(NC(=O)Nc2ccc(-c3ccnc4cc(C(=O)O)sc34)cc2)c1. The number of ketones is 2. The topological polar surface area (TPSA) is 332 Å². The molecule has 6 N–H and O–H groups in total. The number of methoxy groups -OCH3 is 3. The zero-order chi connectivity index (χ0) is 94.0. The van der Waals surface area contributed by atoms with Crippen LogP contribution in [0.4, 0.5) is 58.7 Å². The minimum atomic E-state index is -0.987. The third-order valence-electron chi connectivity index (χ3n) is 19.7. The van der Waals surface area contributed by atoms with Gasteiger partial charge in [-0.25, -0.2) is 50.3 Å². The number of rotatable bonds is 25. The van der Waals surface area contributed by atoms with Gasteiger partial charge in [0.15, 0.2) is 0 Å². The van der Waals surface area contributed by atoms with E-state index in [1.165, 1.54) is 111 Å². The first-order valence-corrected chi connectivity index (χ1v) is 43.3. The highest BCUT2D eigenvalue weighted by atomic mass is 32.1. The largest absolute Gasteiger partial charge is 0.477 e. The number of aryl methyl sites for hydroxylation is 4. The summed E-state index contributed by atoms with van der Waals surface area (Å²) in [7, 11) is 3.92. The van der Waals surface area contributed by atoms with E-state index in [1.54, 1.807) is 116 Å². The van der Waals surface area contributed by atoms with Gasteiger partial charge < -0.3 is 55.4 Å². The summed E-state index contributed by atoms with van der Waals surface area (Å²) in [6.45, 7) is 7.38. The van der Waals surface area contributed by atoms with Crippen molar-refractivity contribution in [2.24, 2.45) is 0 Å². The number of thiophene rings is 4. The first kappa shape index (κ1) is 94.2. The highest BCUT2D eigenvalue weighted by Crippen LogP contribution is 2.41. The van der Waals surface area contributed by atoms with Crippen molar-refractivity contribution >= 4 is 162 Å². The Hall–Kier alpha value is -15.4. The van der Waals surface area contributed by atoms with Gasteiger partial charge in [0.2, 0.25) is 0 Å². The molecule has 670 valence electrons. The van der Waals surface area contributed by atoms with E-state index < -0.39 is 59.1 Å². The van der Waals surface area contributed by atoms with E-state index in [4.69, 9.17) is 18.9 Å². The molecule has 0 aliphatic carbocycles. The lowest BCUT2D eigenvalue weighted by atomic mass is 9.99. The van der Waals surface area contributed by atoms with E-state index in [0.29, 0.717) is 63.3 Å². The van der Waals surface area contributed by atoms with Gasteiger partial charge in [-0.15, -0.1) is 45.3 Å². The van der Waals surface area contributed by atoms with Gasteiger partial charge in [-0.3, -0.25) is 39.1 Å². The van der Waals surface area contributed by atoms with E-state index in [-0.39, 0.29) is 112 Å². The van der Waals surface area contributed by atoms with Gasteiger partial charge in [-0.05, 0) is 175 Å². The number of hydrogen-bond acceptors (Lipinski definition) is 22. The Morgan fingerprint density at radius 2 is 0.773 bits per heavy atom. The van der Waals surface area contributed by atoms with Gasteiger partial charge in [-0.1, -0.05) is 90.0 Å². The second-order valence-electron chi connectivity index (χ2n) is 29.5. The average molecular weight is 1860 g/mol. The second-order valence-corrected chi connectivity index (χ2v) is 33.7. The van der Waals surface area contributed by atoms with Gasteiger partial charge in [0.1, 0.15) is 84.1 Å². The van der Waals surface area contributed by atoms with Crippen LogP contribution in [0.5, 0.6) is 23.0 Å². The van der Waals surface area contributed by atoms with Crippen LogP contribution >= 0.6 is 45.3 Å². The summed E-state index contributed by atoms with van der Waals surface area (Å²) in [4.78, 5) is 126. The molecule has 8 heterocycles. The minimum absolute atomic E-state index is 0.0168. The fourth-order valence-electron chi connectivity index (χ4n) is 13.3. The molecule has 0 aliphatic heterocycles. The van der Waals surface area contributed by atoms with Crippen LogP contribution in [0.25, 0.3) is 63.1 Å². The lowest BCUT2D eigenvalue weighted by molar-refractivity contribution is -0.140. The summed E-state index contributed by atoms with van der Waals surface area (Å²) in [6.07, 6.45) is 6.41. The number of aromatic carboxylic acids is 1. The number of Topliss-reactive ketones (excluding diaryl/α,β-unsaturated/α-hetero) is 2. The molecular formula is C98H77F6N9O15S4. The maximum atomic E-state index is 14.8. The Labute approximate surface area is 765 Å². The molecule has 8 aromatic heterocycles. The predicted octanol–water partition coefficient (Wildman–Crippen LogP) is 22.7. The van der Waals surface area contributed by atoms with Crippen LogP contribution in [-0.2, 0) is 54.3 Å². The molecule has 24 nitrogen and oxygen atoms in total. The average Bonchev–Trinajstić information content (AvgIpc) is 1.66. The number of esters is 3. The molecule has 132 heavy (non-hydrogen) atoms. The number of urea groups is 2. The van der Waals surface area contributed by atoms with Gasteiger partial charge in [0, 0.05) is 98.1 Å². The molecule has 16 aromatic rings. The van der Waals surface area contributed by atoms with Crippen LogP contribution in [0.3, 0.4) is 0 Å². The monoisotopic (exact) mass is 1860 g/mol. The van der Waals surface area contributed by atoms with E-state index in [9.17, 15) is 74.6 Å². The van der Waals surface area contributed by atoms with E-state index >= 15 is 0 Å². The number of carbonyl (C=O) groups is 9. The molecule has 0 bridgehead atoms. The van der Waals surface area contributed by atoms with Gasteiger partial charge >= 0.3 is 35.9 Å². The van der Waals surface area contributed by atoms with Crippen LogP contribution in [0, 0.1) is 62.6 Å². The molecule has 0 unspecified atom stereocenters. The smallest absolute Gasteiger partial charge is 0.348 e. The lowest BCUT2D eigenvalue weighted by Gasteiger charge is -2.11. The molecule has 0 radical (unpaired) electrons. The number of nitrogens with zero attached hydrogens (tertiary/aromatic N) is 4. The van der Waals surface area contributed by atoms with Crippen LogP contribution in [-0.4, -0.2) is 106 Å². The van der Waals surface area contributed by atoms with Crippen LogP contribution in [0.1, 0.15) is 89.6 Å². The molecule has 0 aliphatic rings. The highest BCUT2D eigenvalue weighted by molar-refractivity contribution is 7.22. The van der Waals surface area contributed by atoms with Crippen molar-refractivity contribution in [2.75, 3.05) is 49.1 Å². The first-order chi connectivity index (χ1) is 63.4. The number of fused-ring (bicyclic) bond motifs is 4. The van der Waals surface area contributed by atoms with Crippen molar-refractivity contribution in [1.82, 2.24) is 25.3 Å². The lowest BCUT2D eigenvalue weighted by Crippen LogP contribution is -2.25. The Morgan fingerprint density at radius 1 is 0.364 bits per heavy atom. The Kier molecular flexibility index (Phi) is 30.8. The molecule has 0 atom stereocenters. The van der Waals surface area contributed by atoms with E-state index in [2.05, 4.69) is 51.3 Å². The molecule has 34 heteroatoms. The molecule has 0 saturated heterocycles. The number of benzene rings is 8. The van der Waals surface area contributed by atoms with Crippen LogP contribution in [0.15, 0.2) is 231 Å². The quantitative estimate of drug-likeness (QED) is 0.0176. The fourth-order valence-corrected chi connectivity index (χ4v) is 17.3. The molecule has 0 spiro atoms. The number of carboxylic acid groups (broad SMARTS) is 1. The fraction of sp³-hybridized carbons (Fsp3) is 0.133. The summed E-state index contributed by atoms with van der Waals surface area (Å²) in [6, 6.07) is 53.0. The summed E-state index contributed by atoms with van der Waals surface area (Å²) in [5.74, 6) is -5.17. The first-order valence-electron chi connectivity index (χ1n) is 40.1. The maximum Gasteiger partial charge on any atom is 0.348 e. The number of anilines is 4. The normalized spacial score (nSPS) is 10.8. The van der Waals surface area contributed by atoms with Gasteiger partial charge in [-0.2, -0.15) is 0 Å². The number of nitrogens with one attached hydrogen (secondary N) is 5. The number of carbonyl (C=O) groups excluding carboxylic acids is 8.